The Morgan fingerprint density at radius 3 is 2.40 bits per heavy atom. The first kappa shape index (κ1) is 21.2. The highest BCUT2D eigenvalue weighted by molar-refractivity contribution is 7.89. The molecular weight excluding hydrogens is 365 g/mol. The standard InChI is InChI=1S/C14H19F3N2O5S/c1-9(24-8-14(15,16)17)13(20)18-10-5-6-11(23-4)12(7-10)25(21,22)19(2)3/h5-7,9H,8H2,1-4H3,(H,18,20). The van der Waals surface area contributed by atoms with Crippen LogP contribution in [-0.4, -0.2) is 58.7 Å². The van der Waals surface area contributed by atoms with Crippen LogP contribution < -0.4 is 10.1 Å². The van der Waals surface area contributed by atoms with Gasteiger partial charge in [-0.25, -0.2) is 12.7 Å². The lowest BCUT2D eigenvalue weighted by atomic mass is 10.2. The minimum Gasteiger partial charge on any atom is -0.495 e. The number of nitrogens with zero attached hydrogens (tertiary/aromatic N) is 1. The van der Waals surface area contributed by atoms with Crippen LogP contribution in [0.25, 0.3) is 0 Å². The molecule has 0 radical (unpaired) electrons. The van der Waals surface area contributed by atoms with Crippen LogP contribution in [0.4, 0.5) is 18.9 Å². The van der Waals surface area contributed by atoms with Crippen molar-refractivity contribution in [1.29, 1.82) is 0 Å². The second-order valence-corrected chi connectivity index (χ2v) is 7.33. The first-order chi connectivity index (χ1) is 11.4. The number of methoxy groups -OCH3 is 1. The monoisotopic (exact) mass is 384 g/mol. The molecule has 0 aromatic heterocycles. The van der Waals surface area contributed by atoms with E-state index in [1.807, 2.05) is 0 Å². The van der Waals surface area contributed by atoms with E-state index in [-0.39, 0.29) is 16.3 Å². The number of hydrogen-bond donors (Lipinski definition) is 1. The van der Waals surface area contributed by atoms with Crippen LogP contribution >= 0.6 is 0 Å². The van der Waals surface area contributed by atoms with Crippen molar-refractivity contribution in [3.63, 3.8) is 0 Å². The maximum absolute atomic E-state index is 12.3. The van der Waals surface area contributed by atoms with Gasteiger partial charge in [0.1, 0.15) is 23.4 Å². The molecule has 0 aliphatic rings. The van der Waals surface area contributed by atoms with Crippen LogP contribution in [0.15, 0.2) is 23.1 Å². The molecule has 0 spiro atoms. The molecule has 0 fully saturated rings. The summed E-state index contributed by atoms with van der Waals surface area (Å²) in [6, 6.07) is 3.84. The zero-order valence-corrected chi connectivity index (χ0v) is 14.9. The van der Waals surface area contributed by atoms with Gasteiger partial charge in [-0.3, -0.25) is 4.79 Å². The van der Waals surface area contributed by atoms with Gasteiger partial charge in [0, 0.05) is 19.8 Å². The molecule has 0 aliphatic heterocycles. The zero-order chi connectivity index (χ0) is 19.4. The summed E-state index contributed by atoms with van der Waals surface area (Å²) in [4.78, 5) is 11.7. The molecule has 0 aliphatic carbocycles. The predicted molar refractivity (Wildman–Crippen MR) is 84.0 cm³/mol. The van der Waals surface area contributed by atoms with Crippen LogP contribution in [0.1, 0.15) is 6.92 Å². The van der Waals surface area contributed by atoms with E-state index in [4.69, 9.17) is 4.74 Å². The summed E-state index contributed by atoms with van der Waals surface area (Å²) in [6.07, 6.45) is -5.93. The third-order valence-corrected chi connectivity index (χ3v) is 4.89. The number of hydrogen-bond acceptors (Lipinski definition) is 5. The summed E-state index contributed by atoms with van der Waals surface area (Å²) in [7, 11) is 0.0892. The van der Waals surface area contributed by atoms with E-state index in [1.165, 1.54) is 33.3 Å². The first-order valence-electron chi connectivity index (χ1n) is 6.98. The van der Waals surface area contributed by atoms with Crippen molar-refractivity contribution in [2.75, 3.05) is 33.1 Å². The van der Waals surface area contributed by atoms with Crippen molar-refractivity contribution in [3.8, 4) is 5.75 Å². The third-order valence-electron chi connectivity index (χ3n) is 3.06. The molecule has 0 saturated heterocycles. The minimum absolute atomic E-state index is 0.0630. The van der Waals surface area contributed by atoms with Gasteiger partial charge in [0.15, 0.2) is 0 Å². The molecule has 142 valence electrons. The fraction of sp³-hybridized carbons (Fsp3) is 0.500. The molecular formula is C14H19F3N2O5S. The number of sulfonamides is 1. The highest BCUT2D eigenvalue weighted by Crippen LogP contribution is 2.29. The fourth-order valence-electron chi connectivity index (χ4n) is 1.69. The van der Waals surface area contributed by atoms with Crippen molar-refractivity contribution in [2.45, 2.75) is 24.1 Å². The van der Waals surface area contributed by atoms with Gasteiger partial charge >= 0.3 is 6.18 Å². The summed E-state index contributed by atoms with van der Waals surface area (Å²) in [6.45, 7) is -0.410. The summed E-state index contributed by atoms with van der Waals surface area (Å²) < 4.78 is 71.3. The zero-order valence-electron chi connectivity index (χ0n) is 14.0. The van der Waals surface area contributed by atoms with Crippen LogP contribution in [-0.2, 0) is 19.6 Å². The number of carbonyl (C=O) groups excluding carboxylic acids is 1. The van der Waals surface area contributed by atoms with Crippen LogP contribution in [0.3, 0.4) is 0 Å². The Morgan fingerprint density at radius 1 is 1.32 bits per heavy atom. The van der Waals surface area contributed by atoms with Crippen LogP contribution in [0.2, 0.25) is 0 Å². The van der Waals surface area contributed by atoms with E-state index in [0.29, 0.717) is 0 Å². The van der Waals surface area contributed by atoms with Crippen molar-refractivity contribution >= 4 is 21.6 Å². The lowest BCUT2D eigenvalue weighted by Gasteiger charge is -2.17. The molecule has 11 heteroatoms. The van der Waals surface area contributed by atoms with E-state index in [1.54, 1.807) is 0 Å². The molecule has 0 saturated carbocycles. The number of benzene rings is 1. The summed E-state index contributed by atoms with van der Waals surface area (Å²) in [5, 5.41) is 2.31. The Hall–Kier alpha value is -1.85. The molecule has 1 unspecified atom stereocenters. The third kappa shape index (κ3) is 5.87. The molecule has 1 N–H and O–H groups in total. The smallest absolute Gasteiger partial charge is 0.411 e. The van der Waals surface area contributed by atoms with Gasteiger partial charge < -0.3 is 14.8 Å². The van der Waals surface area contributed by atoms with E-state index >= 15 is 0 Å². The van der Waals surface area contributed by atoms with E-state index in [0.717, 1.165) is 17.3 Å². The highest BCUT2D eigenvalue weighted by Gasteiger charge is 2.30. The van der Waals surface area contributed by atoms with Gasteiger partial charge in [0.05, 0.1) is 7.11 Å². The van der Waals surface area contributed by atoms with Gasteiger partial charge in [-0.15, -0.1) is 0 Å². The molecule has 7 nitrogen and oxygen atoms in total. The van der Waals surface area contributed by atoms with Crippen molar-refractivity contribution in [3.05, 3.63) is 18.2 Å². The average molecular weight is 384 g/mol. The number of carbonyl (C=O) groups is 1. The Kier molecular flexibility index (Phi) is 6.80. The van der Waals surface area contributed by atoms with Gasteiger partial charge in [-0.05, 0) is 25.1 Å². The topological polar surface area (TPSA) is 84.9 Å². The number of anilines is 1. The van der Waals surface area contributed by atoms with Crippen molar-refractivity contribution in [1.82, 2.24) is 4.31 Å². The largest absolute Gasteiger partial charge is 0.495 e. The molecule has 1 aromatic carbocycles. The molecule has 0 heterocycles. The van der Waals surface area contributed by atoms with Gasteiger partial charge in [0.25, 0.3) is 5.91 Å². The van der Waals surface area contributed by atoms with Crippen LogP contribution in [0.5, 0.6) is 5.75 Å². The Labute approximate surface area is 143 Å². The minimum atomic E-state index is -4.55. The molecule has 1 rings (SSSR count). The fourth-order valence-corrected chi connectivity index (χ4v) is 2.77. The highest BCUT2D eigenvalue weighted by atomic mass is 32.2. The van der Waals surface area contributed by atoms with Gasteiger partial charge in [0.2, 0.25) is 10.0 Å². The second kappa shape index (κ2) is 8.02. The molecule has 1 amide bonds. The van der Waals surface area contributed by atoms with E-state index < -0.39 is 34.8 Å². The number of alkyl halides is 3. The van der Waals surface area contributed by atoms with Crippen LogP contribution in [0, 0.1) is 0 Å². The maximum Gasteiger partial charge on any atom is 0.411 e. The number of nitrogens with one attached hydrogen (secondary N) is 1. The first-order valence-corrected chi connectivity index (χ1v) is 8.42. The molecule has 1 atom stereocenters. The summed E-state index contributed by atoms with van der Waals surface area (Å²) >= 11 is 0. The SMILES string of the molecule is COc1ccc(NC(=O)C(C)OCC(F)(F)F)cc1S(=O)(=O)N(C)C. The van der Waals surface area contributed by atoms with Crippen molar-refractivity contribution in [2.24, 2.45) is 0 Å². The molecule has 25 heavy (non-hydrogen) atoms. The number of halogens is 3. The van der Waals surface area contributed by atoms with Gasteiger partial charge in [-0.2, -0.15) is 13.2 Å². The second-order valence-electron chi connectivity index (χ2n) is 5.21. The summed E-state index contributed by atoms with van der Waals surface area (Å²) in [5.74, 6) is -0.782. The predicted octanol–water partition coefficient (Wildman–Crippen LogP) is 1.85. The Bertz CT molecular complexity index is 720. The van der Waals surface area contributed by atoms with Crippen molar-refractivity contribution < 1.29 is 35.9 Å². The van der Waals surface area contributed by atoms with E-state index in [9.17, 15) is 26.4 Å². The maximum atomic E-state index is 12.3. The Morgan fingerprint density at radius 2 is 1.92 bits per heavy atom. The number of ether oxygens (including phenoxy) is 2. The summed E-state index contributed by atoms with van der Waals surface area (Å²) in [5.41, 5.74) is 0.0775. The number of rotatable bonds is 7. The van der Waals surface area contributed by atoms with Gasteiger partial charge in [-0.1, -0.05) is 0 Å². The quantitative estimate of drug-likeness (QED) is 0.776. The lowest BCUT2D eigenvalue weighted by molar-refractivity contribution is -0.184. The van der Waals surface area contributed by atoms with E-state index in [2.05, 4.69) is 10.1 Å². The average Bonchev–Trinajstić information content (AvgIpc) is 2.51. The lowest BCUT2D eigenvalue weighted by Crippen LogP contribution is -2.31. The number of amides is 1. The molecule has 0 bridgehead atoms. The Balaban J connectivity index is 2.99. The normalized spacial score (nSPS) is 13.6. The molecule has 1 aromatic rings.